The number of piperidine rings is 1. The SMILES string of the molecule is CCCCCCCCC=CCCCCCCCCOC(=O)CCSCCC(NC(=O)C(CCCCCC)CCCCCCCC)C(=O)NCCN1CCCCC1. The molecule has 0 aliphatic carbocycles. The lowest BCUT2D eigenvalue weighted by molar-refractivity contribution is -0.143. The van der Waals surface area contributed by atoms with Crippen LogP contribution in [0.2, 0.25) is 0 Å². The largest absolute Gasteiger partial charge is 0.466 e. The maximum atomic E-state index is 13.7. The van der Waals surface area contributed by atoms with Gasteiger partial charge in [-0.1, -0.05) is 161 Å². The van der Waals surface area contributed by atoms with Crippen LogP contribution in [-0.4, -0.2) is 73.0 Å². The number of carbonyl (C=O) groups excluding carboxylic acids is 3. The minimum Gasteiger partial charge on any atom is -0.466 e. The molecule has 0 spiro atoms. The molecule has 1 aliphatic heterocycles. The average Bonchev–Trinajstić information content (AvgIpc) is 3.20. The van der Waals surface area contributed by atoms with Crippen molar-refractivity contribution in [2.45, 2.75) is 226 Å². The van der Waals surface area contributed by atoms with Gasteiger partial charge in [-0.15, -0.1) is 0 Å². The number of hydrogen-bond donors (Lipinski definition) is 2. The van der Waals surface area contributed by atoms with E-state index in [9.17, 15) is 14.4 Å². The van der Waals surface area contributed by atoms with Crippen molar-refractivity contribution in [2.75, 3.05) is 44.3 Å². The fraction of sp³-hybridized carbons (Fsp3) is 0.896. The third-order valence-electron chi connectivity index (χ3n) is 11.4. The molecule has 0 aromatic rings. The fourth-order valence-electron chi connectivity index (χ4n) is 7.66. The van der Waals surface area contributed by atoms with Crippen molar-refractivity contribution in [3.8, 4) is 0 Å². The molecule has 1 saturated heterocycles. The van der Waals surface area contributed by atoms with Crippen LogP contribution in [0.3, 0.4) is 0 Å². The van der Waals surface area contributed by atoms with Gasteiger partial charge < -0.3 is 20.3 Å². The van der Waals surface area contributed by atoms with Crippen molar-refractivity contribution in [3.05, 3.63) is 12.2 Å². The van der Waals surface area contributed by atoms with E-state index in [-0.39, 0.29) is 23.7 Å². The van der Waals surface area contributed by atoms with Crippen LogP contribution in [0.25, 0.3) is 0 Å². The molecule has 7 nitrogen and oxygen atoms in total. The van der Waals surface area contributed by atoms with E-state index in [4.69, 9.17) is 4.74 Å². The number of thioether (sulfide) groups is 1. The summed E-state index contributed by atoms with van der Waals surface area (Å²) < 4.78 is 5.52. The normalized spacial score (nSPS) is 14.6. The average molecular weight is 806 g/mol. The number of nitrogens with zero attached hydrogens (tertiary/aromatic N) is 1. The second-order valence-electron chi connectivity index (χ2n) is 16.7. The summed E-state index contributed by atoms with van der Waals surface area (Å²) in [5.41, 5.74) is 0. The lowest BCUT2D eigenvalue weighted by Gasteiger charge is -2.27. The first kappa shape index (κ1) is 52.5. The third kappa shape index (κ3) is 32.4. The second kappa shape index (κ2) is 40.2. The number of unbranched alkanes of at least 4 members (excludes halogenated alkanes) is 20. The zero-order valence-corrected chi connectivity index (χ0v) is 38.0. The Morgan fingerprint density at radius 2 is 1.12 bits per heavy atom. The van der Waals surface area contributed by atoms with Crippen molar-refractivity contribution >= 4 is 29.5 Å². The van der Waals surface area contributed by atoms with E-state index in [0.717, 1.165) is 64.6 Å². The quantitative estimate of drug-likeness (QED) is 0.0364. The zero-order chi connectivity index (χ0) is 40.6. The number of carbonyl (C=O) groups is 3. The smallest absolute Gasteiger partial charge is 0.306 e. The number of allylic oxidation sites excluding steroid dienone is 2. The van der Waals surface area contributed by atoms with Crippen molar-refractivity contribution < 1.29 is 19.1 Å². The Bertz CT molecular complexity index is 941. The molecular weight excluding hydrogens is 715 g/mol. The van der Waals surface area contributed by atoms with Crippen molar-refractivity contribution in [1.29, 1.82) is 0 Å². The van der Waals surface area contributed by atoms with Crippen LogP contribution in [-0.2, 0) is 19.1 Å². The number of ether oxygens (including phenoxy) is 1. The van der Waals surface area contributed by atoms with Crippen LogP contribution in [0.15, 0.2) is 12.2 Å². The molecule has 2 N–H and O–H groups in total. The Balaban J connectivity index is 2.37. The van der Waals surface area contributed by atoms with Gasteiger partial charge in [-0.2, -0.15) is 11.8 Å². The standard InChI is InChI=1S/C48H91N3O4S/c1-4-7-10-13-15-16-17-18-19-20-21-22-23-24-26-32-41-55-46(52)36-43-56-42-35-45(48(54)49-37-40-51-38-30-27-31-39-51)50-47(53)44(33-28-12-9-6-3)34-29-25-14-11-8-5-2/h18-19,44-45H,4-17,20-43H2,1-3H3,(H,49,54)(H,50,53). The molecular formula is C48H91N3O4S. The van der Waals surface area contributed by atoms with Crippen LogP contribution < -0.4 is 10.6 Å². The lowest BCUT2D eigenvalue weighted by atomic mass is 9.93. The number of esters is 1. The topological polar surface area (TPSA) is 87.7 Å². The van der Waals surface area contributed by atoms with Crippen molar-refractivity contribution in [2.24, 2.45) is 5.92 Å². The highest BCUT2D eigenvalue weighted by molar-refractivity contribution is 7.99. The molecule has 2 amide bonds. The van der Waals surface area contributed by atoms with Gasteiger partial charge in [0.15, 0.2) is 0 Å². The van der Waals surface area contributed by atoms with Crippen LogP contribution in [0, 0.1) is 5.92 Å². The molecule has 1 fully saturated rings. The molecule has 0 aromatic heterocycles. The molecule has 56 heavy (non-hydrogen) atoms. The summed E-state index contributed by atoms with van der Waals surface area (Å²) >= 11 is 1.67. The van der Waals surface area contributed by atoms with Gasteiger partial charge >= 0.3 is 5.97 Å². The molecule has 0 radical (unpaired) electrons. The Labute approximate surface area is 351 Å². The van der Waals surface area contributed by atoms with E-state index >= 15 is 0 Å². The van der Waals surface area contributed by atoms with Gasteiger partial charge in [-0.05, 0) is 83.1 Å². The Hall–Kier alpha value is -1.54. The molecule has 2 atom stereocenters. The van der Waals surface area contributed by atoms with E-state index in [0.29, 0.717) is 37.5 Å². The van der Waals surface area contributed by atoms with Gasteiger partial charge in [-0.25, -0.2) is 0 Å². The summed E-state index contributed by atoms with van der Waals surface area (Å²) in [6, 6.07) is -0.544. The molecule has 328 valence electrons. The van der Waals surface area contributed by atoms with Crippen LogP contribution in [0.4, 0.5) is 0 Å². The van der Waals surface area contributed by atoms with E-state index in [1.807, 2.05) is 0 Å². The Kier molecular flexibility index (Phi) is 37.7. The zero-order valence-electron chi connectivity index (χ0n) is 37.2. The molecule has 1 rings (SSSR count). The summed E-state index contributed by atoms with van der Waals surface area (Å²) in [6.07, 6.45) is 40.9. The minimum absolute atomic E-state index is 0.0316. The van der Waals surface area contributed by atoms with Crippen molar-refractivity contribution in [1.82, 2.24) is 15.5 Å². The predicted octanol–water partition coefficient (Wildman–Crippen LogP) is 12.5. The van der Waals surface area contributed by atoms with Gasteiger partial charge in [0.2, 0.25) is 11.8 Å². The summed E-state index contributed by atoms with van der Waals surface area (Å²) in [5.74, 6) is 1.19. The Morgan fingerprint density at radius 3 is 1.71 bits per heavy atom. The summed E-state index contributed by atoms with van der Waals surface area (Å²) in [6.45, 7) is 10.9. The Morgan fingerprint density at radius 1 is 0.607 bits per heavy atom. The first-order valence-electron chi connectivity index (χ1n) is 24.2. The monoisotopic (exact) mass is 806 g/mol. The molecule has 0 aromatic carbocycles. The number of amides is 2. The number of nitrogens with one attached hydrogen (secondary N) is 2. The van der Waals surface area contributed by atoms with Crippen LogP contribution in [0.5, 0.6) is 0 Å². The molecule has 0 saturated carbocycles. The lowest BCUT2D eigenvalue weighted by Crippen LogP contribution is -2.50. The van der Waals surface area contributed by atoms with Gasteiger partial charge in [0.25, 0.3) is 0 Å². The molecule has 1 heterocycles. The van der Waals surface area contributed by atoms with Gasteiger partial charge in [0.05, 0.1) is 13.0 Å². The highest BCUT2D eigenvalue weighted by atomic mass is 32.2. The van der Waals surface area contributed by atoms with Crippen LogP contribution >= 0.6 is 11.8 Å². The summed E-state index contributed by atoms with van der Waals surface area (Å²) in [7, 11) is 0. The van der Waals surface area contributed by atoms with E-state index in [1.165, 1.54) is 141 Å². The minimum atomic E-state index is -0.544. The van der Waals surface area contributed by atoms with Crippen LogP contribution in [0.1, 0.15) is 220 Å². The number of hydrogen-bond acceptors (Lipinski definition) is 6. The highest BCUT2D eigenvalue weighted by Gasteiger charge is 2.25. The highest BCUT2D eigenvalue weighted by Crippen LogP contribution is 2.20. The third-order valence-corrected chi connectivity index (χ3v) is 12.4. The van der Waals surface area contributed by atoms with Gasteiger partial charge in [0, 0.05) is 24.8 Å². The molecule has 1 aliphatic rings. The maximum absolute atomic E-state index is 13.7. The second-order valence-corrected chi connectivity index (χ2v) is 17.9. The first-order valence-corrected chi connectivity index (χ1v) is 25.4. The predicted molar refractivity (Wildman–Crippen MR) is 242 cm³/mol. The number of rotatable bonds is 40. The van der Waals surface area contributed by atoms with E-state index < -0.39 is 6.04 Å². The molecule has 8 heteroatoms. The summed E-state index contributed by atoms with van der Waals surface area (Å²) in [4.78, 5) is 42.0. The van der Waals surface area contributed by atoms with Crippen molar-refractivity contribution in [3.63, 3.8) is 0 Å². The van der Waals surface area contributed by atoms with E-state index in [1.54, 1.807) is 11.8 Å². The first-order chi connectivity index (χ1) is 27.5. The fourth-order valence-corrected chi connectivity index (χ4v) is 8.58. The summed E-state index contributed by atoms with van der Waals surface area (Å²) in [5, 5.41) is 6.36. The molecule has 2 unspecified atom stereocenters. The maximum Gasteiger partial charge on any atom is 0.306 e. The van der Waals surface area contributed by atoms with E-state index in [2.05, 4.69) is 48.5 Å². The number of likely N-dealkylation sites (tertiary alicyclic amines) is 1. The molecule has 0 bridgehead atoms. The van der Waals surface area contributed by atoms with Gasteiger partial charge in [0.1, 0.15) is 6.04 Å². The van der Waals surface area contributed by atoms with Gasteiger partial charge in [-0.3, -0.25) is 14.4 Å².